The number of hydrogen-bond acceptors (Lipinski definition) is 4. The molecule has 2 atom stereocenters. The summed E-state index contributed by atoms with van der Waals surface area (Å²) in [6, 6.07) is 0.0916. The van der Waals surface area contributed by atoms with Crippen molar-refractivity contribution in [3.8, 4) is 5.75 Å². The van der Waals surface area contributed by atoms with E-state index in [0.717, 1.165) is 31.0 Å². The first-order valence-electron chi connectivity index (χ1n) is 7.14. The summed E-state index contributed by atoms with van der Waals surface area (Å²) < 4.78 is 13.2. The zero-order valence-corrected chi connectivity index (χ0v) is 12.8. The van der Waals surface area contributed by atoms with E-state index in [1.165, 1.54) is 0 Å². The number of rotatable bonds is 9. The molecule has 0 saturated heterocycles. The van der Waals surface area contributed by atoms with Gasteiger partial charge in [0, 0.05) is 13.2 Å². The second kappa shape index (κ2) is 8.17. The summed E-state index contributed by atoms with van der Waals surface area (Å²) in [6.07, 6.45) is 2.90. The van der Waals surface area contributed by atoms with E-state index >= 15 is 0 Å². The Bertz CT molecular complexity index is 366. The van der Waals surface area contributed by atoms with E-state index in [9.17, 15) is 0 Å². The van der Waals surface area contributed by atoms with Crippen LogP contribution in [-0.4, -0.2) is 36.1 Å². The molecule has 1 rings (SSSR count). The van der Waals surface area contributed by atoms with E-state index in [1.54, 1.807) is 13.3 Å². The van der Waals surface area contributed by atoms with Crippen LogP contribution in [0.2, 0.25) is 0 Å². The molecule has 5 heteroatoms. The van der Waals surface area contributed by atoms with Gasteiger partial charge in [0.1, 0.15) is 0 Å². The fraction of sp³-hybridized carbons (Fsp3) is 0.786. The number of likely N-dealkylation sites (N-methyl/N-ethyl adjacent to an activating group) is 1. The monoisotopic (exact) mass is 269 g/mol. The molecule has 0 fully saturated rings. The minimum atomic E-state index is 0.0751. The summed E-state index contributed by atoms with van der Waals surface area (Å²) in [7, 11) is 1.69. The Kier molecular flexibility index (Phi) is 6.87. The van der Waals surface area contributed by atoms with Crippen molar-refractivity contribution in [3.05, 3.63) is 11.9 Å². The first-order valence-corrected chi connectivity index (χ1v) is 7.14. The summed E-state index contributed by atoms with van der Waals surface area (Å²) >= 11 is 0. The van der Waals surface area contributed by atoms with Crippen LogP contribution in [0.1, 0.15) is 45.9 Å². The molecule has 1 aromatic rings. The van der Waals surface area contributed by atoms with Crippen molar-refractivity contribution in [3.63, 3.8) is 0 Å². The van der Waals surface area contributed by atoms with E-state index in [4.69, 9.17) is 9.47 Å². The molecule has 0 saturated carbocycles. The highest BCUT2D eigenvalue weighted by Crippen LogP contribution is 2.28. The van der Waals surface area contributed by atoms with Crippen molar-refractivity contribution in [1.82, 2.24) is 15.1 Å². The second-order valence-corrected chi connectivity index (χ2v) is 4.52. The number of nitrogens with zero attached hydrogens (tertiary/aromatic N) is 2. The van der Waals surface area contributed by atoms with Gasteiger partial charge in [0.05, 0.1) is 31.1 Å². The van der Waals surface area contributed by atoms with Gasteiger partial charge < -0.3 is 14.8 Å². The average Bonchev–Trinajstić information content (AvgIpc) is 2.79. The Morgan fingerprint density at radius 2 is 2.11 bits per heavy atom. The van der Waals surface area contributed by atoms with Crippen LogP contribution in [0, 0.1) is 0 Å². The third kappa shape index (κ3) is 3.94. The van der Waals surface area contributed by atoms with Crippen LogP contribution in [0.15, 0.2) is 6.20 Å². The van der Waals surface area contributed by atoms with E-state index in [0.29, 0.717) is 6.61 Å². The molecule has 0 bridgehead atoms. The topological polar surface area (TPSA) is 48.3 Å². The number of aromatic nitrogens is 2. The molecular formula is C14H27N3O2. The Morgan fingerprint density at radius 1 is 1.37 bits per heavy atom. The van der Waals surface area contributed by atoms with Crippen LogP contribution >= 0.6 is 0 Å². The first-order chi connectivity index (χ1) is 9.19. The lowest BCUT2D eigenvalue weighted by atomic mass is 10.1. The summed E-state index contributed by atoms with van der Waals surface area (Å²) in [4.78, 5) is 0. The van der Waals surface area contributed by atoms with Gasteiger partial charge >= 0.3 is 0 Å². The Hall–Kier alpha value is -1.07. The van der Waals surface area contributed by atoms with E-state index in [1.807, 2.05) is 11.6 Å². The third-order valence-electron chi connectivity index (χ3n) is 3.12. The molecule has 5 nitrogen and oxygen atoms in total. The highest BCUT2D eigenvalue weighted by molar-refractivity contribution is 5.29. The molecule has 0 amide bonds. The second-order valence-electron chi connectivity index (χ2n) is 4.52. The number of methoxy groups -OCH3 is 1. The predicted octanol–water partition coefficient (Wildman–Crippen LogP) is 2.38. The minimum Gasteiger partial charge on any atom is -0.493 e. The van der Waals surface area contributed by atoms with E-state index in [-0.39, 0.29) is 12.1 Å². The van der Waals surface area contributed by atoms with Gasteiger partial charge in [-0.3, -0.25) is 4.68 Å². The molecule has 1 N–H and O–H groups in total. The highest BCUT2D eigenvalue weighted by Gasteiger charge is 2.26. The molecule has 0 aliphatic rings. The molecular weight excluding hydrogens is 242 g/mol. The molecule has 1 aromatic heterocycles. The van der Waals surface area contributed by atoms with Crippen molar-refractivity contribution in [2.45, 2.75) is 52.8 Å². The number of hydrogen-bond donors (Lipinski definition) is 1. The smallest absolute Gasteiger partial charge is 0.161 e. The Morgan fingerprint density at radius 3 is 2.63 bits per heavy atom. The lowest BCUT2D eigenvalue weighted by molar-refractivity contribution is 0.0445. The fourth-order valence-corrected chi connectivity index (χ4v) is 2.30. The van der Waals surface area contributed by atoms with Gasteiger partial charge in [-0.15, -0.1) is 0 Å². The van der Waals surface area contributed by atoms with Crippen LogP contribution in [0.3, 0.4) is 0 Å². The Balaban J connectivity index is 3.07. The largest absolute Gasteiger partial charge is 0.493 e. The summed E-state index contributed by atoms with van der Waals surface area (Å²) in [6.45, 7) is 10.8. The molecule has 2 unspecified atom stereocenters. The van der Waals surface area contributed by atoms with E-state index in [2.05, 4.69) is 31.2 Å². The maximum absolute atomic E-state index is 5.75. The van der Waals surface area contributed by atoms with Gasteiger partial charge in [0.15, 0.2) is 5.75 Å². The van der Waals surface area contributed by atoms with Crippen LogP contribution in [-0.2, 0) is 11.3 Å². The van der Waals surface area contributed by atoms with Crippen LogP contribution < -0.4 is 10.1 Å². The normalized spacial score (nSPS) is 14.4. The highest BCUT2D eigenvalue weighted by atomic mass is 16.5. The van der Waals surface area contributed by atoms with Crippen LogP contribution in [0.4, 0.5) is 0 Å². The average molecular weight is 269 g/mol. The summed E-state index contributed by atoms with van der Waals surface area (Å²) in [5, 5.41) is 7.90. The standard InChI is InChI=1S/C14H27N3O2/c1-6-9-17-14(12(18-5)10-16-17)13(15-7-2)11(4)19-8-3/h10-11,13,15H,6-9H2,1-5H3. The minimum absolute atomic E-state index is 0.0751. The van der Waals surface area contributed by atoms with Crippen molar-refractivity contribution in [2.24, 2.45) is 0 Å². The molecule has 19 heavy (non-hydrogen) atoms. The molecule has 0 aliphatic carbocycles. The summed E-state index contributed by atoms with van der Waals surface area (Å²) in [5.74, 6) is 0.825. The number of aryl methyl sites for hydroxylation is 1. The molecule has 0 spiro atoms. The zero-order chi connectivity index (χ0) is 14.3. The van der Waals surface area contributed by atoms with Crippen LogP contribution in [0.5, 0.6) is 5.75 Å². The Labute approximate surface area is 116 Å². The van der Waals surface area contributed by atoms with Gasteiger partial charge in [-0.25, -0.2) is 0 Å². The summed E-state index contributed by atoms with van der Waals surface area (Å²) in [5.41, 5.74) is 1.08. The van der Waals surface area contributed by atoms with Crippen molar-refractivity contribution in [1.29, 1.82) is 0 Å². The maximum atomic E-state index is 5.75. The van der Waals surface area contributed by atoms with Crippen molar-refractivity contribution >= 4 is 0 Å². The van der Waals surface area contributed by atoms with Crippen molar-refractivity contribution in [2.75, 3.05) is 20.3 Å². The van der Waals surface area contributed by atoms with Gasteiger partial charge in [-0.05, 0) is 26.8 Å². The molecule has 0 aromatic carbocycles. The van der Waals surface area contributed by atoms with Crippen LogP contribution in [0.25, 0.3) is 0 Å². The lowest BCUT2D eigenvalue weighted by Crippen LogP contribution is -2.34. The molecule has 0 radical (unpaired) electrons. The third-order valence-corrected chi connectivity index (χ3v) is 3.12. The number of nitrogens with one attached hydrogen (secondary N) is 1. The number of ether oxygens (including phenoxy) is 2. The molecule has 0 aliphatic heterocycles. The van der Waals surface area contributed by atoms with Gasteiger partial charge in [-0.2, -0.15) is 5.10 Å². The molecule has 1 heterocycles. The molecule has 110 valence electrons. The quantitative estimate of drug-likeness (QED) is 0.747. The fourth-order valence-electron chi connectivity index (χ4n) is 2.30. The van der Waals surface area contributed by atoms with E-state index < -0.39 is 0 Å². The van der Waals surface area contributed by atoms with Gasteiger partial charge in [-0.1, -0.05) is 13.8 Å². The zero-order valence-electron chi connectivity index (χ0n) is 12.8. The SMILES string of the molecule is CCCn1ncc(OC)c1C(NCC)C(C)OCC. The van der Waals surface area contributed by atoms with Crippen molar-refractivity contribution < 1.29 is 9.47 Å². The maximum Gasteiger partial charge on any atom is 0.161 e. The van der Waals surface area contributed by atoms with Gasteiger partial charge in [0.25, 0.3) is 0 Å². The predicted molar refractivity (Wildman–Crippen MR) is 76.6 cm³/mol. The first kappa shape index (κ1) is 16.0. The lowest BCUT2D eigenvalue weighted by Gasteiger charge is -2.26. The van der Waals surface area contributed by atoms with Gasteiger partial charge in [0.2, 0.25) is 0 Å².